The number of aryl methyl sites for hydroxylation is 1. The molecule has 0 aliphatic heterocycles. The van der Waals surface area contributed by atoms with E-state index in [0.717, 1.165) is 38.4 Å². The van der Waals surface area contributed by atoms with E-state index >= 15 is 0 Å². The summed E-state index contributed by atoms with van der Waals surface area (Å²) in [6.45, 7) is 5.77. The van der Waals surface area contributed by atoms with Gasteiger partial charge in [0.05, 0.1) is 19.0 Å². The van der Waals surface area contributed by atoms with Crippen molar-refractivity contribution in [3.63, 3.8) is 0 Å². The first-order valence-corrected chi connectivity index (χ1v) is 7.10. The molecular formula is C15H24N4O. The van der Waals surface area contributed by atoms with Gasteiger partial charge in [0.2, 0.25) is 0 Å². The summed E-state index contributed by atoms with van der Waals surface area (Å²) in [4.78, 5) is 2.22. The van der Waals surface area contributed by atoms with Gasteiger partial charge in [0.1, 0.15) is 5.76 Å². The van der Waals surface area contributed by atoms with E-state index in [1.807, 2.05) is 30.4 Å². The molecule has 0 atom stereocenters. The van der Waals surface area contributed by atoms with Gasteiger partial charge < -0.3 is 9.73 Å². The van der Waals surface area contributed by atoms with Crippen molar-refractivity contribution in [1.82, 2.24) is 20.0 Å². The summed E-state index contributed by atoms with van der Waals surface area (Å²) in [5.74, 6) is 1.00. The molecule has 0 aromatic carbocycles. The molecule has 5 nitrogen and oxygen atoms in total. The zero-order valence-corrected chi connectivity index (χ0v) is 12.6. The van der Waals surface area contributed by atoms with Crippen LogP contribution in [0.1, 0.15) is 30.2 Å². The topological polar surface area (TPSA) is 46.2 Å². The Morgan fingerprint density at radius 2 is 2.20 bits per heavy atom. The minimum absolute atomic E-state index is 0.808. The lowest BCUT2D eigenvalue weighted by Crippen LogP contribution is -2.16. The Kier molecular flexibility index (Phi) is 5.38. The summed E-state index contributed by atoms with van der Waals surface area (Å²) in [6, 6.07) is 2.13. The second-order valence-corrected chi connectivity index (χ2v) is 5.29. The highest BCUT2D eigenvalue weighted by Crippen LogP contribution is 2.11. The summed E-state index contributed by atoms with van der Waals surface area (Å²) in [5.41, 5.74) is 2.43. The van der Waals surface area contributed by atoms with Crippen LogP contribution in [-0.4, -0.2) is 28.3 Å². The average molecular weight is 276 g/mol. The third kappa shape index (κ3) is 4.51. The molecule has 2 rings (SSSR count). The maximum Gasteiger partial charge on any atom is 0.118 e. The molecule has 5 heteroatoms. The second kappa shape index (κ2) is 7.26. The minimum atomic E-state index is 0.808. The molecule has 0 amide bonds. The Bertz CT molecular complexity index is 517. The Labute approximate surface area is 120 Å². The van der Waals surface area contributed by atoms with Crippen molar-refractivity contribution < 1.29 is 4.42 Å². The maximum absolute atomic E-state index is 5.61. The molecule has 0 saturated heterocycles. The molecule has 0 fully saturated rings. The molecule has 0 radical (unpaired) electrons. The molecule has 0 bridgehead atoms. The lowest BCUT2D eigenvalue weighted by molar-refractivity contribution is 0.288. The lowest BCUT2D eigenvalue weighted by Gasteiger charge is -2.13. The van der Waals surface area contributed by atoms with E-state index < -0.39 is 0 Å². The normalized spacial score (nSPS) is 11.4. The quantitative estimate of drug-likeness (QED) is 0.750. The predicted octanol–water partition coefficient (Wildman–Crippen LogP) is 2.14. The van der Waals surface area contributed by atoms with Crippen molar-refractivity contribution >= 4 is 0 Å². The standard InChI is InChI=1S/C15H24N4O/c1-4-5-16-7-13-6-15(20-12-13)11-18(2)9-14-8-17-19(3)10-14/h6,8,10,12,16H,4-5,7,9,11H2,1-3H3. The molecule has 0 saturated carbocycles. The number of nitrogens with zero attached hydrogens (tertiary/aromatic N) is 3. The molecule has 20 heavy (non-hydrogen) atoms. The third-order valence-electron chi connectivity index (χ3n) is 3.10. The van der Waals surface area contributed by atoms with Gasteiger partial charge in [-0.05, 0) is 26.1 Å². The van der Waals surface area contributed by atoms with Crippen LogP contribution in [0.2, 0.25) is 0 Å². The molecule has 2 aromatic heterocycles. The Balaban J connectivity index is 1.80. The summed E-state index contributed by atoms with van der Waals surface area (Å²) >= 11 is 0. The smallest absolute Gasteiger partial charge is 0.118 e. The largest absolute Gasteiger partial charge is 0.468 e. The van der Waals surface area contributed by atoms with Crippen LogP contribution in [0.25, 0.3) is 0 Å². The monoisotopic (exact) mass is 276 g/mol. The van der Waals surface area contributed by atoms with Crippen molar-refractivity contribution in [2.75, 3.05) is 13.6 Å². The zero-order chi connectivity index (χ0) is 14.4. The molecule has 110 valence electrons. The van der Waals surface area contributed by atoms with Gasteiger partial charge in [0.25, 0.3) is 0 Å². The highest BCUT2D eigenvalue weighted by atomic mass is 16.3. The van der Waals surface area contributed by atoms with E-state index in [9.17, 15) is 0 Å². The first-order chi connectivity index (χ1) is 9.67. The fourth-order valence-corrected chi connectivity index (χ4v) is 2.20. The summed E-state index contributed by atoms with van der Waals surface area (Å²) in [5, 5.41) is 7.56. The average Bonchev–Trinajstić information content (AvgIpc) is 2.99. The highest BCUT2D eigenvalue weighted by Gasteiger charge is 2.07. The van der Waals surface area contributed by atoms with Gasteiger partial charge in [-0.3, -0.25) is 9.58 Å². The van der Waals surface area contributed by atoms with E-state index in [1.165, 1.54) is 11.1 Å². The first-order valence-electron chi connectivity index (χ1n) is 7.10. The van der Waals surface area contributed by atoms with E-state index in [1.54, 1.807) is 0 Å². The number of aromatic nitrogens is 2. The van der Waals surface area contributed by atoms with Gasteiger partial charge in [-0.25, -0.2) is 0 Å². The predicted molar refractivity (Wildman–Crippen MR) is 79.1 cm³/mol. The van der Waals surface area contributed by atoms with Crippen molar-refractivity contribution in [2.45, 2.75) is 33.0 Å². The van der Waals surface area contributed by atoms with Crippen LogP contribution in [-0.2, 0) is 26.7 Å². The summed E-state index contributed by atoms with van der Waals surface area (Å²) in [7, 11) is 4.02. The van der Waals surface area contributed by atoms with Crippen LogP contribution in [0.15, 0.2) is 29.1 Å². The Hall–Kier alpha value is -1.59. The molecule has 1 N–H and O–H groups in total. The fraction of sp³-hybridized carbons (Fsp3) is 0.533. The molecule has 0 unspecified atom stereocenters. The molecular weight excluding hydrogens is 252 g/mol. The zero-order valence-electron chi connectivity index (χ0n) is 12.6. The van der Waals surface area contributed by atoms with E-state index in [2.05, 4.69) is 35.4 Å². The molecule has 0 spiro atoms. The van der Waals surface area contributed by atoms with Crippen LogP contribution < -0.4 is 5.32 Å². The van der Waals surface area contributed by atoms with Crippen LogP contribution in [0, 0.1) is 0 Å². The van der Waals surface area contributed by atoms with Crippen molar-refractivity contribution in [3.8, 4) is 0 Å². The van der Waals surface area contributed by atoms with Crippen LogP contribution >= 0.6 is 0 Å². The van der Waals surface area contributed by atoms with Crippen LogP contribution in [0.5, 0.6) is 0 Å². The maximum atomic E-state index is 5.61. The number of nitrogens with one attached hydrogen (secondary N) is 1. The third-order valence-corrected chi connectivity index (χ3v) is 3.10. The van der Waals surface area contributed by atoms with E-state index in [-0.39, 0.29) is 0 Å². The number of furan rings is 1. The SMILES string of the molecule is CCCNCc1coc(CN(C)Cc2cnn(C)c2)c1. The van der Waals surface area contributed by atoms with Crippen molar-refractivity contribution in [2.24, 2.45) is 7.05 Å². The lowest BCUT2D eigenvalue weighted by atomic mass is 10.3. The van der Waals surface area contributed by atoms with Gasteiger partial charge in [-0.1, -0.05) is 6.92 Å². The molecule has 2 aromatic rings. The molecule has 0 aliphatic carbocycles. The van der Waals surface area contributed by atoms with E-state index in [0.29, 0.717) is 0 Å². The first kappa shape index (κ1) is 14.8. The number of rotatable bonds is 8. The Morgan fingerprint density at radius 3 is 2.90 bits per heavy atom. The fourth-order valence-electron chi connectivity index (χ4n) is 2.20. The van der Waals surface area contributed by atoms with Gasteiger partial charge in [-0.2, -0.15) is 5.10 Å². The summed E-state index contributed by atoms with van der Waals surface area (Å²) in [6.07, 6.45) is 6.94. The highest BCUT2D eigenvalue weighted by molar-refractivity contribution is 5.13. The number of hydrogen-bond acceptors (Lipinski definition) is 4. The summed E-state index contributed by atoms with van der Waals surface area (Å²) < 4.78 is 7.43. The van der Waals surface area contributed by atoms with Crippen molar-refractivity contribution in [3.05, 3.63) is 41.6 Å². The van der Waals surface area contributed by atoms with Gasteiger partial charge >= 0.3 is 0 Å². The Morgan fingerprint density at radius 1 is 1.35 bits per heavy atom. The van der Waals surface area contributed by atoms with Gasteiger partial charge in [0, 0.05) is 37.5 Å². The van der Waals surface area contributed by atoms with Crippen LogP contribution in [0.3, 0.4) is 0 Å². The van der Waals surface area contributed by atoms with Crippen LogP contribution in [0.4, 0.5) is 0 Å². The van der Waals surface area contributed by atoms with Crippen molar-refractivity contribution in [1.29, 1.82) is 0 Å². The minimum Gasteiger partial charge on any atom is -0.468 e. The van der Waals surface area contributed by atoms with Gasteiger partial charge in [-0.15, -0.1) is 0 Å². The number of hydrogen-bond donors (Lipinski definition) is 1. The molecule has 0 aliphatic rings. The van der Waals surface area contributed by atoms with E-state index in [4.69, 9.17) is 4.42 Å². The molecule has 2 heterocycles. The second-order valence-electron chi connectivity index (χ2n) is 5.29. The van der Waals surface area contributed by atoms with Gasteiger partial charge in [0.15, 0.2) is 0 Å².